The van der Waals surface area contributed by atoms with E-state index in [1.54, 1.807) is 0 Å². The predicted molar refractivity (Wildman–Crippen MR) is 64.7 cm³/mol. The van der Waals surface area contributed by atoms with Gasteiger partial charge in [0.15, 0.2) is 0 Å². The molecule has 1 heterocycles. The summed E-state index contributed by atoms with van der Waals surface area (Å²) in [6.07, 6.45) is 10.3. The summed E-state index contributed by atoms with van der Waals surface area (Å²) in [5, 5.41) is 12.3. The van der Waals surface area contributed by atoms with Crippen LogP contribution < -0.4 is 5.32 Å². The number of pyridine rings is 1. The number of carbonyl (C=O) groups excluding carboxylic acids is 1. The maximum Gasteiger partial charge on any atom is 0.255 e. The van der Waals surface area contributed by atoms with E-state index in [4.69, 9.17) is 0 Å². The Morgan fingerprint density at radius 2 is 2.41 bits per heavy atom. The second kappa shape index (κ2) is 5.48. The summed E-state index contributed by atoms with van der Waals surface area (Å²) in [6, 6.07) is 1.52. The summed E-state index contributed by atoms with van der Waals surface area (Å²) in [4.78, 5) is 15.5. The highest BCUT2D eigenvalue weighted by Crippen LogP contribution is 2.18. The standard InChI is InChI=1S/C13H16N2O2/c16-12-9-14-7-6-11(12)13(17)15-8-10-4-2-1-3-5-10/h1-2,6-7,9-10,16H,3-5,8H2,(H,15,17). The lowest BCUT2D eigenvalue weighted by Gasteiger charge is -2.18. The van der Waals surface area contributed by atoms with E-state index in [0.29, 0.717) is 12.5 Å². The van der Waals surface area contributed by atoms with Crippen molar-refractivity contribution in [2.45, 2.75) is 19.3 Å². The molecule has 0 aliphatic heterocycles. The van der Waals surface area contributed by atoms with Crippen molar-refractivity contribution >= 4 is 5.91 Å². The highest BCUT2D eigenvalue weighted by molar-refractivity contribution is 5.96. The first-order valence-corrected chi connectivity index (χ1v) is 5.83. The summed E-state index contributed by atoms with van der Waals surface area (Å²) in [6.45, 7) is 0.658. The molecule has 1 aromatic heterocycles. The lowest BCUT2D eigenvalue weighted by atomic mass is 9.94. The molecule has 0 radical (unpaired) electrons. The van der Waals surface area contributed by atoms with Crippen LogP contribution in [0.1, 0.15) is 29.6 Å². The third-order valence-corrected chi connectivity index (χ3v) is 2.97. The van der Waals surface area contributed by atoms with Crippen molar-refractivity contribution in [3.05, 3.63) is 36.2 Å². The number of allylic oxidation sites excluding steroid dienone is 2. The fourth-order valence-corrected chi connectivity index (χ4v) is 1.95. The van der Waals surface area contributed by atoms with E-state index < -0.39 is 0 Å². The SMILES string of the molecule is O=C(NCC1CC=CCC1)c1ccncc1O. The van der Waals surface area contributed by atoms with Gasteiger partial charge in [0.05, 0.1) is 11.8 Å². The highest BCUT2D eigenvalue weighted by atomic mass is 16.3. The second-order valence-electron chi connectivity index (χ2n) is 4.25. The van der Waals surface area contributed by atoms with Gasteiger partial charge in [-0.05, 0) is 31.2 Å². The molecule has 0 spiro atoms. The molecule has 2 rings (SSSR count). The monoisotopic (exact) mass is 232 g/mol. The Morgan fingerprint density at radius 3 is 3.12 bits per heavy atom. The molecule has 0 fully saturated rings. The zero-order valence-corrected chi connectivity index (χ0v) is 9.60. The summed E-state index contributed by atoms with van der Waals surface area (Å²) in [5.41, 5.74) is 0.284. The van der Waals surface area contributed by atoms with E-state index in [1.807, 2.05) is 0 Å². The third-order valence-electron chi connectivity index (χ3n) is 2.97. The average Bonchev–Trinajstić information content (AvgIpc) is 2.38. The Labute approximate surface area is 100 Å². The second-order valence-corrected chi connectivity index (χ2v) is 4.25. The topological polar surface area (TPSA) is 62.2 Å². The van der Waals surface area contributed by atoms with Crippen molar-refractivity contribution in [1.29, 1.82) is 0 Å². The van der Waals surface area contributed by atoms with Crippen LogP contribution in [0.15, 0.2) is 30.6 Å². The average molecular weight is 232 g/mol. The minimum absolute atomic E-state index is 0.0754. The van der Waals surface area contributed by atoms with E-state index in [1.165, 1.54) is 18.5 Å². The van der Waals surface area contributed by atoms with Gasteiger partial charge in [0.1, 0.15) is 5.75 Å². The fraction of sp³-hybridized carbons (Fsp3) is 0.385. The van der Waals surface area contributed by atoms with E-state index >= 15 is 0 Å². The zero-order valence-electron chi connectivity index (χ0n) is 9.60. The van der Waals surface area contributed by atoms with Gasteiger partial charge in [-0.3, -0.25) is 9.78 Å². The maximum absolute atomic E-state index is 11.8. The summed E-state index contributed by atoms with van der Waals surface area (Å²) >= 11 is 0. The fourth-order valence-electron chi connectivity index (χ4n) is 1.95. The van der Waals surface area contributed by atoms with E-state index in [-0.39, 0.29) is 17.2 Å². The van der Waals surface area contributed by atoms with Gasteiger partial charge >= 0.3 is 0 Å². The molecule has 0 bridgehead atoms. The van der Waals surface area contributed by atoms with Crippen LogP contribution in [-0.4, -0.2) is 22.5 Å². The van der Waals surface area contributed by atoms with Crippen LogP contribution in [0.2, 0.25) is 0 Å². The van der Waals surface area contributed by atoms with Crippen LogP contribution in [0, 0.1) is 5.92 Å². The third kappa shape index (κ3) is 3.06. The molecule has 90 valence electrons. The lowest BCUT2D eigenvalue weighted by molar-refractivity contribution is 0.0943. The van der Waals surface area contributed by atoms with Crippen molar-refractivity contribution < 1.29 is 9.90 Å². The Hall–Kier alpha value is -1.84. The molecule has 0 saturated heterocycles. The Kier molecular flexibility index (Phi) is 3.75. The van der Waals surface area contributed by atoms with Gasteiger partial charge in [-0.2, -0.15) is 0 Å². The van der Waals surface area contributed by atoms with Gasteiger partial charge < -0.3 is 10.4 Å². The van der Waals surface area contributed by atoms with Gasteiger partial charge in [0.2, 0.25) is 0 Å². The van der Waals surface area contributed by atoms with Crippen molar-refractivity contribution in [2.24, 2.45) is 5.92 Å². The van der Waals surface area contributed by atoms with Crippen LogP contribution in [0.3, 0.4) is 0 Å². The number of nitrogens with one attached hydrogen (secondary N) is 1. The molecule has 17 heavy (non-hydrogen) atoms. The van der Waals surface area contributed by atoms with E-state index in [2.05, 4.69) is 22.5 Å². The maximum atomic E-state index is 11.8. The quantitative estimate of drug-likeness (QED) is 0.782. The number of amides is 1. The molecule has 4 heteroatoms. The largest absolute Gasteiger partial charge is 0.505 e. The van der Waals surface area contributed by atoms with Crippen LogP contribution in [-0.2, 0) is 0 Å². The van der Waals surface area contributed by atoms with Gasteiger partial charge in [-0.1, -0.05) is 12.2 Å². The Balaban J connectivity index is 1.89. The zero-order chi connectivity index (χ0) is 12.1. The Bertz CT molecular complexity index is 429. The molecule has 4 nitrogen and oxygen atoms in total. The molecule has 0 saturated carbocycles. The molecule has 1 aliphatic rings. The van der Waals surface area contributed by atoms with Crippen LogP contribution in [0.4, 0.5) is 0 Å². The molecule has 1 aliphatic carbocycles. The van der Waals surface area contributed by atoms with E-state index in [9.17, 15) is 9.90 Å². The van der Waals surface area contributed by atoms with Gasteiger partial charge in [-0.15, -0.1) is 0 Å². The van der Waals surface area contributed by atoms with Crippen molar-refractivity contribution in [2.75, 3.05) is 6.54 Å². The molecule has 2 N–H and O–H groups in total. The number of aromatic nitrogens is 1. The normalized spacial score (nSPS) is 18.9. The number of carbonyl (C=O) groups is 1. The molecule has 1 amide bonds. The van der Waals surface area contributed by atoms with Crippen molar-refractivity contribution in [1.82, 2.24) is 10.3 Å². The summed E-state index contributed by atoms with van der Waals surface area (Å²) in [5.74, 6) is 0.195. The van der Waals surface area contributed by atoms with Gasteiger partial charge in [0, 0.05) is 12.7 Å². The number of aromatic hydroxyl groups is 1. The smallest absolute Gasteiger partial charge is 0.255 e. The summed E-state index contributed by atoms with van der Waals surface area (Å²) in [7, 11) is 0. The minimum atomic E-state index is -0.237. The molecular formula is C13H16N2O2. The summed E-state index contributed by atoms with van der Waals surface area (Å²) < 4.78 is 0. The van der Waals surface area contributed by atoms with Crippen LogP contribution in [0.5, 0.6) is 5.75 Å². The Morgan fingerprint density at radius 1 is 1.53 bits per heavy atom. The molecule has 1 unspecified atom stereocenters. The molecule has 1 aromatic rings. The number of rotatable bonds is 3. The van der Waals surface area contributed by atoms with Gasteiger partial charge in [0.25, 0.3) is 5.91 Å². The van der Waals surface area contributed by atoms with Crippen LogP contribution >= 0.6 is 0 Å². The molecule has 0 aromatic carbocycles. The molecular weight excluding hydrogens is 216 g/mol. The highest BCUT2D eigenvalue weighted by Gasteiger charge is 2.14. The predicted octanol–water partition coefficient (Wildman–Crippen LogP) is 1.87. The number of hydrogen-bond acceptors (Lipinski definition) is 3. The van der Waals surface area contributed by atoms with Crippen LogP contribution in [0.25, 0.3) is 0 Å². The first kappa shape index (κ1) is 11.6. The number of nitrogens with zero attached hydrogens (tertiary/aromatic N) is 1. The van der Waals surface area contributed by atoms with E-state index in [0.717, 1.165) is 19.3 Å². The van der Waals surface area contributed by atoms with Crippen molar-refractivity contribution in [3.8, 4) is 5.75 Å². The first-order chi connectivity index (χ1) is 8.27. The van der Waals surface area contributed by atoms with Crippen molar-refractivity contribution in [3.63, 3.8) is 0 Å². The molecule has 1 atom stereocenters. The lowest BCUT2D eigenvalue weighted by Crippen LogP contribution is -2.29. The minimum Gasteiger partial charge on any atom is -0.505 e. The first-order valence-electron chi connectivity index (χ1n) is 5.83. The number of hydrogen-bond donors (Lipinski definition) is 2. The van der Waals surface area contributed by atoms with Gasteiger partial charge in [-0.25, -0.2) is 0 Å².